The highest BCUT2D eigenvalue weighted by atomic mass is 32.2. The van der Waals surface area contributed by atoms with Crippen LogP contribution in [0.1, 0.15) is 36.7 Å². The number of ether oxygens (including phenoxy) is 1. The number of aryl methyl sites for hydroxylation is 1. The van der Waals surface area contributed by atoms with Crippen LogP contribution in [0.25, 0.3) is 0 Å². The number of nitrogens with zero attached hydrogens (tertiary/aromatic N) is 3. The van der Waals surface area contributed by atoms with E-state index in [1.807, 2.05) is 31.3 Å². The van der Waals surface area contributed by atoms with Crippen molar-refractivity contribution in [3.8, 4) is 5.75 Å². The summed E-state index contributed by atoms with van der Waals surface area (Å²) in [6, 6.07) is 13.8. The summed E-state index contributed by atoms with van der Waals surface area (Å²) in [6.07, 6.45) is 6.97. The molecule has 1 atom stereocenters. The van der Waals surface area contributed by atoms with Gasteiger partial charge in [-0.2, -0.15) is 0 Å². The topological polar surface area (TPSA) is 106 Å². The van der Waals surface area contributed by atoms with Gasteiger partial charge in [-0.1, -0.05) is 12.1 Å². The first-order chi connectivity index (χ1) is 16.8. The van der Waals surface area contributed by atoms with E-state index in [2.05, 4.69) is 19.9 Å². The highest BCUT2D eigenvalue weighted by molar-refractivity contribution is 7.93. The molecular weight excluding hydrogens is 466 g/mol. The summed E-state index contributed by atoms with van der Waals surface area (Å²) in [5, 5.41) is 2.82. The molecule has 2 heterocycles. The minimum absolute atomic E-state index is 0.425. The number of imidazole rings is 1. The first kappa shape index (κ1) is 24.6. The Labute approximate surface area is 206 Å². The summed E-state index contributed by atoms with van der Waals surface area (Å²) in [5.41, 5.74) is 2.25. The lowest BCUT2D eigenvalue weighted by molar-refractivity contribution is -0.119. The summed E-state index contributed by atoms with van der Waals surface area (Å²) in [6.45, 7) is 2.02. The van der Waals surface area contributed by atoms with Crippen molar-refractivity contribution in [2.75, 3.05) is 35.6 Å². The van der Waals surface area contributed by atoms with Crippen molar-refractivity contribution in [1.82, 2.24) is 14.9 Å². The minimum atomic E-state index is -3.91. The Morgan fingerprint density at radius 3 is 2.34 bits per heavy atom. The SMILES string of the molecule is COc1ccc(C(NC(=O)CS(=O)(=O)Nc2ccc(N3CCCCC3)cc2)c2nccn2C)cc1. The highest BCUT2D eigenvalue weighted by Gasteiger charge is 2.24. The molecule has 0 aliphatic carbocycles. The van der Waals surface area contributed by atoms with E-state index in [0.717, 1.165) is 24.3 Å². The summed E-state index contributed by atoms with van der Waals surface area (Å²) >= 11 is 0. The van der Waals surface area contributed by atoms with Crippen LogP contribution < -0.4 is 19.7 Å². The molecule has 3 aromatic rings. The summed E-state index contributed by atoms with van der Waals surface area (Å²) in [5.74, 6) is -0.0806. The van der Waals surface area contributed by atoms with E-state index in [4.69, 9.17) is 4.74 Å². The standard InChI is InChI=1S/C25H31N5O4S/c1-29-17-14-26-25(29)24(19-6-12-22(34-2)13-7-19)27-23(31)18-35(32,33)28-20-8-10-21(11-9-20)30-15-4-3-5-16-30/h6-14,17,24,28H,3-5,15-16,18H2,1-2H3,(H,27,31). The van der Waals surface area contributed by atoms with E-state index < -0.39 is 27.7 Å². The Morgan fingerprint density at radius 1 is 1.06 bits per heavy atom. The number of benzene rings is 2. The number of carbonyl (C=O) groups excluding carboxylic acids is 1. The average Bonchev–Trinajstić information content (AvgIpc) is 3.28. The van der Waals surface area contributed by atoms with Gasteiger partial charge in [-0.15, -0.1) is 0 Å². The lowest BCUT2D eigenvalue weighted by Gasteiger charge is -2.28. The largest absolute Gasteiger partial charge is 0.497 e. The maximum atomic E-state index is 12.8. The van der Waals surface area contributed by atoms with E-state index in [1.165, 1.54) is 19.3 Å². The zero-order valence-corrected chi connectivity index (χ0v) is 20.8. The van der Waals surface area contributed by atoms with Crippen LogP contribution in [0.15, 0.2) is 60.9 Å². The fourth-order valence-electron chi connectivity index (χ4n) is 4.23. The summed E-state index contributed by atoms with van der Waals surface area (Å²) in [7, 11) is -0.520. The van der Waals surface area contributed by atoms with Crippen molar-refractivity contribution in [2.24, 2.45) is 7.05 Å². The molecule has 1 fully saturated rings. The number of hydrogen-bond acceptors (Lipinski definition) is 6. The number of anilines is 2. The first-order valence-electron chi connectivity index (χ1n) is 11.6. The molecule has 1 aliphatic heterocycles. The second-order valence-corrected chi connectivity index (χ2v) is 10.3. The lowest BCUT2D eigenvalue weighted by Crippen LogP contribution is -2.36. The molecule has 2 aromatic carbocycles. The van der Waals surface area contributed by atoms with Crippen LogP contribution in [0.3, 0.4) is 0 Å². The molecule has 1 unspecified atom stereocenters. The molecule has 0 radical (unpaired) electrons. The summed E-state index contributed by atoms with van der Waals surface area (Å²) in [4.78, 5) is 19.5. The maximum Gasteiger partial charge on any atom is 0.241 e. The average molecular weight is 498 g/mol. The third kappa shape index (κ3) is 6.33. The van der Waals surface area contributed by atoms with Crippen LogP contribution in [-0.4, -0.2) is 49.8 Å². The molecule has 4 rings (SSSR count). The predicted octanol–water partition coefficient (Wildman–Crippen LogP) is 3.07. The van der Waals surface area contributed by atoms with Gasteiger partial charge in [0.15, 0.2) is 0 Å². The number of amides is 1. The number of methoxy groups -OCH3 is 1. The summed E-state index contributed by atoms with van der Waals surface area (Å²) < 4.78 is 35.0. The Morgan fingerprint density at radius 2 is 1.74 bits per heavy atom. The number of piperidine rings is 1. The van der Waals surface area contributed by atoms with Gasteiger partial charge in [0, 0.05) is 43.9 Å². The van der Waals surface area contributed by atoms with Crippen molar-refractivity contribution in [1.29, 1.82) is 0 Å². The second kappa shape index (κ2) is 10.8. The van der Waals surface area contributed by atoms with Gasteiger partial charge in [0.05, 0.1) is 7.11 Å². The highest BCUT2D eigenvalue weighted by Crippen LogP contribution is 2.24. The smallest absolute Gasteiger partial charge is 0.241 e. The van der Waals surface area contributed by atoms with E-state index in [9.17, 15) is 13.2 Å². The lowest BCUT2D eigenvalue weighted by atomic mass is 10.1. The van der Waals surface area contributed by atoms with Crippen LogP contribution in [-0.2, 0) is 21.9 Å². The van der Waals surface area contributed by atoms with Gasteiger partial charge in [0.1, 0.15) is 23.4 Å². The molecule has 186 valence electrons. The molecule has 1 amide bonds. The van der Waals surface area contributed by atoms with Crippen molar-refractivity contribution in [2.45, 2.75) is 25.3 Å². The van der Waals surface area contributed by atoms with Crippen molar-refractivity contribution in [3.63, 3.8) is 0 Å². The number of aromatic nitrogens is 2. The molecule has 2 N–H and O–H groups in total. The zero-order valence-electron chi connectivity index (χ0n) is 20.0. The molecule has 1 saturated heterocycles. The Bertz CT molecular complexity index is 1230. The van der Waals surface area contributed by atoms with Crippen molar-refractivity contribution < 1.29 is 17.9 Å². The Hall–Kier alpha value is -3.53. The zero-order chi connectivity index (χ0) is 24.8. The van der Waals surface area contributed by atoms with Gasteiger partial charge in [0.25, 0.3) is 0 Å². The molecule has 0 bridgehead atoms. The van der Waals surface area contributed by atoms with Gasteiger partial charge < -0.3 is 19.5 Å². The fraction of sp³-hybridized carbons (Fsp3) is 0.360. The Kier molecular flexibility index (Phi) is 7.60. The van der Waals surface area contributed by atoms with E-state index in [0.29, 0.717) is 17.3 Å². The van der Waals surface area contributed by atoms with Gasteiger partial charge in [0.2, 0.25) is 15.9 Å². The fourth-order valence-corrected chi connectivity index (χ4v) is 5.23. The molecule has 10 heteroatoms. The number of sulfonamides is 1. The van der Waals surface area contributed by atoms with Crippen LogP contribution in [0.2, 0.25) is 0 Å². The Balaban J connectivity index is 1.43. The predicted molar refractivity (Wildman–Crippen MR) is 136 cm³/mol. The number of hydrogen-bond donors (Lipinski definition) is 2. The normalized spacial score (nSPS) is 14.9. The van der Waals surface area contributed by atoms with Crippen LogP contribution >= 0.6 is 0 Å². The molecule has 1 aromatic heterocycles. The molecule has 0 spiro atoms. The monoisotopic (exact) mass is 497 g/mol. The van der Waals surface area contributed by atoms with Crippen LogP contribution in [0.4, 0.5) is 11.4 Å². The van der Waals surface area contributed by atoms with Crippen molar-refractivity contribution in [3.05, 3.63) is 72.3 Å². The maximum absolute atomic E-state index is 12.8. The van der Waals surface area contributed by atoms with Crippen LogP contribution in [0.5, 0.6) is 5.75 Å². The van der Waals surface area contributed by atoms with Gasteiger partial charge in [-0.25, -0.2) is 13.4 Å². The van der Waals surface area contributed by atoms with Gasteiger partial charge >= 0.3 is 0 Å². The van der Waals surface area contributed by atoms with Gasteiger partial charge in [-0.05, 0) is 61.2 Å². The van der Waals surface area contributed by atoms with E-state index in [-0.39, 0.29) is 0 Å². The van der Waals surface area contributed by atoms with Crippen LogP contribution in [0, 0.1) is 0 Å². The van der Waals surface area contributed by atoms with Crippen molar-refractivity contribution >= 4 is 27.3 Å². The molecular formula is C25H31N5O4S. The molecule has 35 heavy (non-hydrogen) atoms. The quantitative estimate of drug-likeness (QED) is 0.471. The first-order valence-corrected chi connectivity index (χ1v) is 13.3. The van der Waals surface area contributed by atoms with E-state index >= 15 is 0 Å². The number of nitrogens with one attached hydrogen (secondary N) is 2. The third-order valence-electron chi connectivity index (χ3n) is 6.05. The third-order valence-corrected chi connectivity index (χ3v) is 7.24. The number of rotatable bonds is 9. The minimum Gasteiger partial charge on any atom is -0.497 e. The number of carbonyl (C=O) groups is 1. The molecule has 1 aliphatic rings. The molecule has 9 nitrogen and oxygen atoms in total. The van der Waals surface area contributed by atoms with E-state index in [1.54, 1.807) is 48.3 Å². The second-order valence-electron chi connectivity index (χ2n) is 8.63. The molecule has 0 saturated carbocycles. The van der Waals surface area contributed by atoms with Gasteiger partial charge in [-0.3, -0.25) is 9.52 Å².